The highest BCUT2D eigenvalue weighted by molar-refractivity contribution is 5.99. The van der Waals surface area contributed by atoms with Crippen LogP contribution in [0.4, 0.5) is 9.59 Å². The normalized spacial score (nSPS) is 14.8. The summed E-state index contributed by atoms with van der Waals surface area (Å²) in [5, 5.41) is 5.52. The third-order valence-electron chi connectivity index (χ3n) is 4.97. The molecule has 0 saturated heterocycles. The third-order valence-corrected chi connectivity index (χ3v) is 4.97. The van der Waals surface area contributed by atoms with E-state index >= 15 is 0 Å². The average Bonchev–Trinajstić information content (AvgIpc) is 2.70. The lowest BCUT2D eigenvalue weighted by Gasteiger charge is -2.30. The molecule has 1 aliphatic rings. The molecule has 9 nitrogen and oxygen atoms in total. The van der Waals surface area contributed by atoms with Gasteiger partial charge in [-0.2, -0.15) is 0 Å². The molecule has 0 bridgehead atoms. The van der Waals surface area contributed by atoms with Crippen molar-refractivity contribution in [3.05, 3.63) is 41.0 Å². The molecular formula is C27H40N4O5. The van der Waals surface area contributed by atoms with Gasteiger partial charge in [0.25, 0.3) is 5.91 Å². The van der Waals surface area contributed by atoms with Crippen molar-refractivity contribution in [1.29, 1.82) is 0 Å². The first kappa shape index (κ1) is 28.9. The van der Waals surface area contributed by atoms with Crippen molar-refractivity contribution in [3.8, 4) is 0 Å². The lowest BCUT2D eigenvalue weighted by molar-refractivity contribution is 0.0554. The summed E-state index contributed by atoms with van der Waals surface area (Å²) < 4.78 is 10.6. The Labute approximate surface area is 214 Å². The number of nitrogens with one attached hydrogen (secondary N) is 2. The second-order valence-corrected chi connectivity index (χ2v) is 11.1. The largest absolute Gasteiger partial charge is 0.444 e. The minimum Gasteiger partial charge on any atom is -0.444 e. The van der Waals surface area contributed by atoms with E-state index in [0.717, 1.165) is 16.7 Å². The highest BCUT2D eigenvalue weighted by atomic mass is 16.6. The van der Waals surface area contributed by atoms with Gasteiger partial charge < -0.3 is 19.7 Å². The van der Waals surface area contributed by atoms with Crippen molar-refractivity contribution in [3.63, 3.8) is 0 Å². The molecule has 0 unspecified atom stereocenters. The number of carbonyl (C=O) groups is 3. The minimum absolute atomic E-state index is 0.0643. The maximum atomic E-state index is 12.4. The summed E-state index contributed by atoms with van der Waals surface area (Å²) in [5.74, 6) is -0.0141. The summed E-state index contributed by atoms with van der Waals surface area (Å²) in [7, 11) is 0. The molecule has 0 aliphatic carbocycles. The maximum Gasteiger partial charge on any atom is 0.437 e. The number of guanidine groups is 1. The van der Waals surface area contributed by atoms with Crippen LogP contribution in [0.3, 0.4) is 0 Å². The Morgan fingerprint density at radius 2 is 1.67 bits per heavy atom. The van der Waals surface area contributed by atoms with E-state index in [9.17, 15) is 14.4 Å². The number of aryl methyl sites for hydroxylation is 1. The molecule has 0 radical (unpaired) electrons. The Balaban J connectivity index is 2.22. The first-order chi connectivity index (χ1) is 16.5. The van der Waals surface area contributed by atoms with Crippen LogP contribution in [0.25, 0.3) is 5.57 Å². The van der Waals surface area contributed by atoms with Crippen LogP contribution < -0.4 is 10.6 Å². The Kier molecular flexibility index (Phi) is 9.29. The molecule has 0 aromatic heterocycles. The fraction of sp³-hybridized carbons (Fsp3) is 0.556. The van der Waals surface area contributed by atoms with Crippen LogP contribution in [0.2, 0.25) is 0 Å². The zero-order valence-electron chi connectivity index (χ0n) is 22.9. The van der Waals surface area contributed by atoms with E-state index in [1.165, 1.54) is 0 Å². The number of benzene rings is 1. The molecule has 3 amide bonds. The molecule has 0 atom stereocenters. The SMILES string of the molecule is Cc1cc(C2=CCN(/C(=N\C(=O)OC(C)(C)C)NC(=O)OC(C)(C)C)CC2)ccc1C(=O)NC(C)C. The quantitative estimate of drug-likeness (QED) is 0.445. The molecule has 0 saturated carbocycles. The van der Waals surface area contributed by atoms with Crippen molar-refractivity contribution in [2.45, 2.75) is 86.0 Å². The molecular weight excluding hydrogens is 460 g/mol. The number of nitrogens with zero attached hydrogens (tertiary/aromatic N) is 2. The molecule has 2 N–H and O–H groups in total. The maximum absolute atomic E-state index is 12.4. The van der Waals surface area contributed by atoms with Crippen LogP contribution in [-0.2, 0) is 9.47 Å². The Hall–Kier alpha value is -3.36. The second-order valence-electron chi connectivity index (χ2n) is 11.1. The Bertz CT molecular complexity index is 1050. The van der Waals surface area contributed by atoms with Crippen LogP contribution in [0, 0.1) is 6.92 Å². The average molecular weight is 501 g/mol. The van der Waals surface area contributed by atoms with Gasteiger partial charge in [0.05, 0.1) is 0 Å². The zero-order valence-corrected chi connectivity index (χ0v) is 22.9. The number of ether oxygens (including phenoxy) is 2. The van der Waals surface area contributed by atoms with Crippen LogP contribution in [0.15, 0.2) is 29.3 Å². The summed E-state index contributed by atoms with van der Waals surface area (Å²) in [6.07, 6.45) is 1.17. The summed E-state index contributed by atoms with van der Waals surface area (Å²) in [6, 6.07) is 5.85. The topological polar surface area (TPSA) is 109 Å². The number of carbonyl (C=O) groups excluding carboxylic acids is 3. The van der Waals surface area contributed by atoms with Crippen LogP contribution in [-0.4, -0.2) is 59.3 Å². The predicted molar refractivity (Wildman–Crippen MR) is 141 cm³/mol. The van der Waals surface area contributed by atoms with Crippen molar-refractivity contribution < 1.29 is 23.9 Å². The van der Waals surface area contributed by atoms with E-state index in [-0.39, 0.29) is 17.9 Å². The summed E-state index contributed by atoms with van der Waals surface area (Å²) in [5.41, 5.74) is 2.26. The van der Waals surface area contributed by atoms with Gasteiger partial charge in [0, 0.05) is 24.7 Å². The second kappa shape index (κ2) is 11.6. The lowest BCUT2D eigenvalue weighted by Crippen LogP contribution is -2.48. The monoisotopic (exact) mass is 500 g/mol. The number of alkyl carbamates (subject to hydrolysis) is 1. The van der Waals surface area contributed by atoms with E-state index in [2.05, 4.69) is 15.6 Å². The summed E-state index contributed by atoms with van der Waals surface area (Å²) >= 11 is 0. The molecule has 2 rings (SSSR count). The molecule has 0 fully saturated rings. The van der Waals surface area contributed by atoms with Crippen molar-refractivity contribution in [1.82, 2.24) is 15.5 Å². The smallest absolute Gasteiger partial charge is 0.437 e. The fourth-order valence-corrected chi connectivity index (χ4v) is 3.53. The Morgan fingerprint density at radius 3 is 2.17 bits per heavy atom. The number of amides is 3. The molecule has 1 aliphatic heterocycles. The fourth-order valence-electron chi connectivity index (χ4n) is 3.53. The van der Waals surface area contributed by atoms with Gasteiger partial charge in [-0.3, -0.25) is 10.1 Å². The van der Waals surface area contributed by atoms with Crippen LogP contribution >= 0.6 is 0 Å². The van der Waals surface area contributed by atoms with E-state index in [1.54, 1.807) is 46.4 Å². The minimum atomic E-state index is -0.797. The van der Waals surface area contributed by atoms with Crippen LogP contribution in [0.5, 0.6) is 0 Å². The Morgan fingerprint density at radius 1 is 1.03 bits per heavy atom. The van der Waals surface area contributed by atoms with Crippen LogP contribution in [0.1, 0.15) is 83.3 Å². The first-order valence-electron chi connectivity index (χ1n) is 12.2. The van der Waals surface area contributed by atoms with Gasteiger partial charge in [-0.1, -0.05) is 18.2 Å². The highest BCUT2D eigenvalue weighted by Gasteiger charge is 2.25. The van der Waals surface area contributed by atoms with E-state index in [0.29, 0.717) is 25.1 Å². The standard InChI is InChI=1S/C27H40N4O5/c1-17(2)28-22(32)21-11-10-20(16-18(21)3)19-12-14-31(15-13-19)23(29-24(33)35-26(4,5)6)30-25(34)36-27(7,8)9/h10-12,16-17H,13-15H2,1-9H3,(H,28,32)(H,29,30,33,34). The van der Waals surface area contributed by atoms with Gasteiger partial charge in [0.2, 0.25) is 5.96 Å². The first-order valence-corrected chi connectivity index (χ1v) is 12.2. The van der Waals surface area contributed by atoms with Gasteiger partial charge in [-0.15, -0.1) is 4.99 Å². The van der Waals surface area contributed by atoms with Crippen molar-refractivity contribution >= 4 is 29.6 Å². The van der Waals surface area contributed by atoms with Crippen molar-refractivity contribution in [2.75, 3.05) is 13.1 Å². The van der Waals surface area contributed by atoms with Gasteiger partial charge in [-0.05, 0) is 91.5 Å². The van der Waals surface area contributed by atoms with Gasteiger partial charge >= 0.3 is 12.2 Å². The van der Waals surface area contributed by atoms with Crippen molar-refractivity contribution in [2.24, 2.45) is 4.99 Å². The molecule has 1 aromatic carbocycles. The summed E-state index contributed by atoms with van der Waals surface area (Å²) in [6.45, 7) is 17.2. The molecule has 9 heteroatoms. The molecule has 198 valence electrons. The zero-order chi connectivity index (χ0) is 27.3. The molecule has 1 aromatic rings. The highest BCUT2D eigenvalue weighted by Crippen LogP contribution is 2.25. The number of hydrogen-bond acceptors (Lipinski definition) is 5. The lowest BCUT2D eigenvalue weighted by atomic mass is 9.95. The molecule has 36 heavy (non-hydrogen) atoms. The number of hydrogen-bond donors (Lipinski definition) is 2. The predicted octanol–water partition coefficient (Wildman–Crippen LogP) is 5.04. The number of rotatable bonds is 3. The number of aliphatic imine (C=N–C) groups is 1. The van der Waals surface area contributed by atoms with E-state index < -0.39 is 23.4 Å². The molecule has 0 spiro atoms. The van der Waals surface area contributed by atoms with Gasteiger partial charge in [-0.25, -0.2) is 9.59 Å². The third kappa shape index (κ3) is 9.36. The van der Waals surface area contributed by atoms with E-state index in [1.807, 2.05) is 45.0 Å². The molecule has 1 heterocycles. The van der Waals surface area contributed by atoms with Gasteiger partial charge in [0.1, 0.15) is 11.2 Å². The van der Waals surface area contributed by atoms with E-state index in [4.69, 9.17) is 9.47 Å². The summed E-state index contributed by atoms with van der Waals surface area (Å²) in [4.78, 5) is 43.0. The van der Waals surface area contributed by atoms with Gasteiger partial charge in [0.15, 0.2) is 0 Å².